The SMILES string of the molecule is C[C@H]1CN(Cc2cccs2)CCN1. The van der Waals surface area contributed by atoms with Crippen molar-refractivity contribution in [1.82, 2.24) is 10.2 Å². The standard InChI is InChI=1S/C10H16N2S/c1-9-7-12(5-4-11-9)8-10-3-2-6-13-10/h2-3,6,9,11H,4-5,7-8H2,1H3/t9-/m0/s1. The molecule has 2 nitrogen and oxygen atoms in total. The molecule has 0 amide bonds. The highest BCUT2D eigenvalue weighted by Crippen LogP contribution is 2.12. The van der Waals surface area contributed by atoms with Gasteiger partial charge in [0, 0.05) is 37.1 Å². The second kappa shape index (κ2) is 4.22. The molecule has 0 unspecified atom stereocenters. The van der Waals surface area contributed by atoms with Crippen LogP contribution in [-0.2, 0) is 6.54 Å². The Hall–Kier alpha value is -0.380. The Morgan fingerprint density at radius 1 is 1.69 bits per heavy atom. The van der Waals surface area contributed by atoms with Gasteiger partial charge >= 0.3 is 0 Å². The number of hydrogen-bond acceptors (Lipinski definition) is 3. The van der Waals surface area contributed by atoms with Crippen LogP contribution in [-0.4, -0.2) is 30.6 Å². The molecule has 13 heavy (non-hydrogen) atoms. The number of hydrogen-bond donors (Lipinski definition) is 1. The predicted molar refractivity (Wildman–Crippen MR) is 57.1 cm³/mol. The maximum atomic E-state index is 3.45. The van der Waals surface area contributed by atoms with E-state index in [-0.39, 0.29) is 0 Å². The highest BCUT2D eigenvalue weighted by molar-refractivity contribution is 7.09. The Morgan fingerprint density at radius 2 is 2.62 bits per heavy atom. The Bertz CT molecular complexity index is 245. The van der Waals surface area contributed by atoms with Crippen molar-refractivity contribution >= 4 is 11.3 Å². The zero-order valence-corrected chi connectivity index (χ0v) is 8.81. The maximum Gasteiger partial charge on any atom is 0.0329 e. The molecule has 0 aromatic carbocycles. The van der Waals surface area contributed by atoms with Gasteiger partial charge in [-0.25, -0.2) is 0 Å². The molecule has 1 atom stereocenters. The number of rotatable bonds is 2. The molecule has 2 heterocycles. The van der Waals surface area contributed by atoms with E-state index in [9.17, 15) is 0 Å². The lowest BCUT2D eigenvalue weighted by Gasteiger charge is -2.31. The van der Waals surface area contributed by atoms with Crippen LogP contribution in [0.5, 0.6) is 0 Å². The molecule has 0 aliphatic carbocycles. The van der Waals surface area contributed by atoms with Gasteiger partial charge in [0.1, 0.15) is 0 Å². The highest BCUT2D eigenvalue weighted by atomic mass is 32.1. The summed E-state index contributed by atoms with van der Waals surface area (Å²) in [7, 11) is 0. The average Bonchev–Trinajstić information content (AvgIpc) is 2.57. The van der Waals surface area contributed by atoms with Crippen molar-refractivity contribution in [2.24, 2.45) is 0 Å². The second-order valence-corrected chi connectivity index (χ2v) is 4.70. The van der Waals surface area contributed by atoms with Gasteiger partial charge < -0.3 is 5.32 Å². The molecular weight excluding hydrogens is 180 g/mol. The zero-order chi connectivity index (χ0) is 9.10. The maximum absolute atomic E-state index is 3.45. The van der Waals surface area contributed by atoms with Crippen LogP contribution >= 0.6 is 11.3 Å². The molecule has 0 saturated carbocycles. The molecule has 1 aliphatic rings. The monoisotopic (exact) mass is 196 g/mol. The van der Waals surface area contributed by atoms with E-state index in [1.807, 2.05) is 11.3 Å². The molecule has 3 heteroatoms. The Kier molecular flexibility index (Phi) is 2.98. The van der Waals surface area contributed by atoms with E-state index >= 15 is 0 Å². The summed E-state index contributed by atoms with van der Waals surface area (Å²) in [5.41, 5.74) is 0. The summed E-state index contributed by atoms with van der Waals surface area (Å²) >= 11 is 1.86. The van der Waals surface area contributed by atoms with Crippen molar-refractivity contribution in [1.29, 1.82) is 0 Å². The van der Waals surface area contributed by atoms with Crippen molar-refractivity contribution in [3.8, 4) is 0 Å². The lowest BCUT2D eigenvalue weighted by molar-refractivity contribution is 0.201. The topological polar surface area (TPSA) is 15.3 Å². The van der Waals surface area contributed by atoms with Gasteiger partial charge in [-0.3, -0.25) is 4.90 Å². The van der Waals surface area contributed by atoms with E-state index in [1.54, 1.807) is 0 Å². The summed E-state index contributed by atoms with van der Waals surface area (Å²) in [5, 5.41) is 5.61. The molecule has 0 bridgehead atoms. The number of nitrogens with zero attached hydrogens (tertiary/aromatic N) is 1. The van der Waals surface area contributed by atoms with E-state index < -0.39 is 0 Å². The van der Waals surface area contributed by atoms with Gasteiger partial charge in [-0.2, -0.15) is 0 Å². The van der Waals surface area contributed by atoms with Gasteiger partial charge in [0.25, 0.3) is 0 Å². The van der Waals surface area contributed by atoms with Gasteiger partial charge in [0.2, 0.25) is 0 Å². The average molecular weight is 196 g/mol. The Balaban J connectivity index is 1.87. The molecule has 0 spiro atoms. The molecule has 1 aromatic rings. The van der Waals surface area contributed by atoms with Crippen LogP contribution in [0, 0.1) is 0 Å². The van der Waals surface area contributed by atoms with E-state index in [1.165, 1.54) is 18.0 Å². The van der Waals surface area contributed by atoms with Crippen LogP contribution < -0.4 is 5.32 Å². The first-order valence-electron chi connectivity index (χ1n) is 4.83. The zero-order valence-electron chi connectivity index (χ0n) is 7.99. The van der Waals surface area contributed by atoms with Crippen LogP contribution in [0.15, 0.2) is 17.5 Å². The molecule has 72 valence electrons. The molecule has 1 aliphatic heterocycles. The fourth-order valence-corrected chi connectivity index (χ4v) is 2.52. The summed E-state index contributed by atoms with van der Waals surface area (Å²) in [6.45, 7) is 6.87. The quantitative estimate of drug-likeness (QED) is 0.772. The first-order valence-corrected chi connectivity index (χ1v) is 5.70. The van der Waals surface area contributed by atoms with Crippen molar-refractivity contribution in [2.45, 2.75) is 19.5 Å². The first-order chi connectivity index (χ1) is 6.34. The first kappa shape index (κ1) is 9.19. The highest BCUT2D eigenvalue weighted by Gasteiger charge is 2.15. The van der Waals surface area contributed by atoms with Crippen LogP contribution in [0.3, 0.4) is 0 Å². The van der Waals surface area contributed by atoms with Crippen molar-refractivity contribution in [3.05, 3.63) is 22.4 Å². The fraction of sp³-hybridized carbons (Fsp3) is 0.600. The minimum absolute atomic E-state index is 0.647. The van der Waals surface area contributed by atoms with Crippen LogP contribution in [0.1, 0.15) is 11.8 Å². The van der Waals surface area contributed by atoms with Crippen LogP contribution in [0.25, 0.3) is 0 Å². The van der Waals surface area contributed by atoms with Gasteiger partial charge in [-0.1, -0.05) is 6.07 Å². The summed E-state index contributed by atoms with van der Waals surface area (Å²) in [4.78, 5) is 4.00. The van der Waals surface area contributed by atoms with Crippen molar-refractivity contribution in [3.63, 3.8) is 0 Å². The third kappa shape index (κ3) is 2.53. The van der Waals surface area contributed by atoms with E-state index in [0.717, 1.165) is 13.1 Å². The van der Waals surface area contributed by atoms with E-state index in [0.29, 0.717) is 6.04 Å². The minimum Gasteiger partial charge on any atom is -0.312 e. The molecule has 0 radical (unpaired) electrons. The molecular formula is C10H16N2S. The van der Waals surface area contributed by atoms with E-state index in [2.05, 4.69) is 34.7 Å². The van der Waals surface area contributed by atoms with Gasteiger partial charge in [-0.05, 0) is 18.4 Å². The molecule has 1 saturated heterocycles. The second-order valence-electron chi connectivity index (χ2n) is 3.67. The third-order valence-corrected chi connectivity index (χ3v) is 3.27. The van der Waals surface area contributed by atoms with E-state index in [4.69, 9.17) is 0 Å². The molecule has 2 rings (SSSR count). The molecule has 1 aromatic heterocycles. The van der Waals surface area contributed by atoms with Gasteiger partial charge in [-0.15, -0.1) is 11.3 Å². The smallest absolute Gasteiger partial charge is 0.0329 e. The number of thiophene rings is 1. The van der Waals surface area contributed by atoms with Crippen molar-refractivity contribution in [2.75, 3.05) is 19.6 Å². The number of piperazine rings is 1. The third-order valence-electron chi connectivity index (χ3n) is 2.41. The summed E-state index contributed by atoms with van der Waals surface area (Å²) in [6, 6.07) is 5.00. The lowest BCUT2D eigenvalue weighted by Crippen LogP contribution is -2.48. The fourth-order valence-electron chi connectivity index (χ4n) is 1.78. The van der Waals surface area contributed by atoms with Crippen molar-refractivity contribution < 1.29 is 0 Å². The summed E-state index contributed by atoms with van der Waals surface area (Å²) < 4.78 is 0. The minimum atomic E-state index is 0.647. The lowest BCUT2D eigenvalue weighted by atomic mass is 10.2. The van der Waals surface area contributed by atoms with Crippen LogP contribution in [0.4, 0.5) is 0 Å². The molecule has 1 fully saturated rings. The van der Waals surface area contributed by atoms with Gasteiger partial charge in [0.15, 0.2) is 0 Å². The predicted octanol–water partition coefficient (Wildman–Crippen LogP) is 1.54. The largest absolute Gasteiger partial charge is 0.312 e. The van der Waals surface area contributed by atoms with Gasteiger partial charge in [0.05, 0.1) is 0 Å². The molecule has 1 N–H and O–H groups in total. The Morgan fingerprint density at radius 3 is 3.31 bits per heavy atom. The summed E-state index contributed by atoms with van der Waals surface area (Å²) in [6.07, 6.45) is 0. The van der Waals surface area contributed by atoms with Crippen LogP contribution in [0.2, 0.25) is 0 Å². The number of nitrogens with one attached hydrogen (secondary N) is 1. The Labute approximate surface area is 83.6 Å². The summed E-state index contributed by atoms with van der Waals surface area (Å²) in [5.74, 6) is 0. The normalized spacial score (nSPS) is 24.8.